The van der Waals surface area contributed by atoms with Gasteiger partial charge in [0.05, 0.1) is 45.6 Å². The van der Waals surface area contributed by atoms with E-state index >= 15 is 0 Å². The molecule has 0 spiro atoms. The Balaban J connectivity index is 1.80. The van der Waals surface area contributed by atoms with Crippen LogP contribution in [0.4, 0.5) is 15.9 Å². The van der Waals surface area contributed by atoms with Gasteiger partial charge in [0.1, 0.15) is 18.0 Å². The highest BCUT2D eigenvalue weighted by Crippen LogP contribution is 2.35. The van der Waals surface area contributed by atoms with Gasteiger partial charge >= 0.3 is 0 Å². The van der Waals surface area contributed by atoms with Gasteiger partial charge in [0.2, 0.25) is 0 Å². The van der Waals surface area contributed by atoms with Crippen molar-refractivity contribution in [2.24, 2.45) is 0 Å². The quantitative estimate of drug-likeness (QED) is 0.538. The normalized spacial score (nSPS) is 29.1. The van der Waals surface area contributed by atoms with Crippen LogP contribution in [0.25, 0.3) is 10.9 Å². The van der Waals surface area contributed by atoms with Crippen molar-refractivity contribution >= 4 is 34.0 Å². The molecule has 0 unspecified atom stereocenters. The lowest BCUT2D eigenvalue weighted by atomic mass is 10.2. The van der Waals surface area contributed by atoms with Crippen molar-refractivity contribution in [3.8, 4) is 11.5 Å². The molecule has 0 atom stereocenters. The van der Waals surface area contributed by atoms with E-state index in [0.717, 1.165) is 25.6 Å². The van der Waals surface area contributed by atoms with E-state index in [-0.39, 0.29) is 33.2 Å². The Labute approximate surface area is 204 Å². The van der Waals surface area contributed by atoms with Crippen molar-refractivity contribution in [1.29, 1.82) is 0 Å². The van der Waals surface area contributed by atoms with Gasteiger partial charge in [0.25, 0.3) is 0 Å². The maximum absolute atomic E-state index is 13.6. The number of morpholine rings is 1. The van der Waals surface area contributed by atoms with E-state index in [0.29, 0.717) is 0 Å². The molecule has 1 fully saturated rings. The smallest absolute Gasteiger partial charge is 0.162 e. The zero-order valence-corrected chi connectivity index (χ0v) is 16.5. The standard InChI is InChI=1S/C22H24ClFN4O3/c1-29-20-13-19-16(12-21(20)31-8-2-5-28-6-9-30-10-7-28)22(26-14-25-19)27-15-3-4-18(24)17(23)11-15/h3-4,11-14H,2,5-10H2,1H3,(H,25,26,27)/i2D2,5D2,6D2,7D2,8D2,9D2,10D2. The molecule has 0 radical (unpaired) electrons. The number of nitrogens with zero attached hydrogens (tertiary/aromatic N) is 3. The molecule has 0 amide bonds. The molecule has 2 aromatic carbocycles. The number of methoxy groups -OCH3 is 1. The maximum atomic E-state index is 13.6. The van der Waals surface area contributed by atoms with Crippen LogP contribution in [0.5, 0.6) is 11.5 Å². The first kappa shape index (κ1) is 10.3. The summed E-state index contributed by atoms with van der Waals surface area (Å²) in [6.07, 6.45) is -2.92. The first-order valence-electron chi connectivity index (χ1n) is 15.6. The molecule has 7 nitrogen and oxygen atoms in total. The monoisotopic (exact) mass is 460 g/mol. The molecule has 0 saturated carbocycles. The highest BCUT2D eigenvalue weighted by Gasteiger charge is 2.14. The predicted octanol–water partition coefficient (Wildman–Crippen LogP) is 4.28. The van der Waals surface area contributed by atoms with Gasteiger partial charge in [-0.3, -0.25) is 4.90 Å². The lowest BCUT2D eigenvalue weighted by molar-refractivity contribution is 0.0357. The topological polar surface area (TPSA) is 68.7 Å². The SMILES string of the molecule is [2H]C1([2H])OC([2H])([2H])C([2H])([2H])N(C([2H])([2H])C([2H])([2H])C([2H])([2H])Oc2cc3c(Nc4ccc(F)c(Cl)c4)ncnc3cc2OC)C1([2H])[2H]. The largest absolute Gasteiger partial charge is 0.493 e. The van der Waals surface area contributed by atoms with Gasteiger partial charge in [-0.2, -0.15) is 0 Å². The van der Waals surface area contributed by atoms with Gasteiger partial charge in [-0.05, 0) is 30.6 Å². The number of hydrogen-bond acceptors (Lipinski definition) is 7. The van der Waals surface area contributed by atoms with E-state index in [4.69, 9.17) is 40.3 Å². The fraction of sp³-hybridized carbons (Fsp3) is 0.364. The third-order valence-corrected chi connectivity index (χ3v) is 4.19. The highest BCUT2D eigenvalue weighted by molar-refractivity contribution is 6.31. The third kappa shape index (κ3) is 5.33. The van der Waals surface area contributed by atoms with Crippen LogP contribution in [0.15, 0.2) is 36.7 Å². The van der Waals surface area contributed by atoms with Crippen LogP contribution >= 0.6 is 11.6 Å². The van der Waals surface area contributed by atoms with Gasteiger partial charge < -0.3 is 19.5 Å². The van der Waals surface area contributed by atoms with Crippen molar-refractivity contribution in [3.05, 3.63) is 47.5 Å². The summed E-state index contributed by atoms with van der Waals surface area (Å²) < 4.78 is 143. The molecule has 1 aliphatic heterocycles. The fourth-order valence-electron chi connectivity index (χ4n) is 2.52. The molecule has 1 aromatic heterocycles. The number of benzene rings is 2. The lowest BCUT2D eigenvalue weighted by Crippen LogP contribution is -2.37. The van der Waals surface area contributed by atoms with Crippen LogP contribution < -0.4 is 14.8 Å². The number of rotatable bonds is 8. The fourth-order valence-corrected chi connectivity index (χ4v) is 2.70. The molecule has 1 saturated heterocycles. The number of nitrogens with one attached hydrogen (secondary N) is 1. The Hall–Kier alpha value is -2.68. The van der Waals surface area contributed by atoms with Gasteiger partial charge in [-0.15, -0.1) is 0 Å². The molecule has 4 rings (SSSR count). The number of aromatic nitrogens is 2. The maximum Gasteiger partial charge on any atom is 0.162 e. The van der Waals surface area contributed by atoms with Crippen molar-refractivity contribution in [1.82, 2.24) is 14.9 Å². The summed E-state index contributed by atoms with van der Waals surface area (Å²) in [5.74, 6) is -1.41. The molecular weight excluding hydrogens is 423 g/mol. The Morgan fingerprint density at radius 1 is 1.26 bits per heavy atom. The Bertz CT molecular complexity index is 1610. The second kappa shape index (κ2) is 10.1. The summed E-state index contributed by atoms with van der Waals surface area (Å²) >= 11 is 5.85. The summed E-state index contributed by atoms with van der Waals surface area (Å²) in [6.45, 7) is -23.3. The lowest BCUT2D eigenvalue weighted by Gasteiger charge is -2.26. The number of hydrogen-bond donors (Lipinski definition) is 1. The molecule has 1 aliphatic rings. The second-order valence-electron chi connectivity index (χ2n) is 5.80. The van der Waals surface area contributed by atoms with Crippen molar-refractivity contribution in [2.75, 3.05) is 51.6 Å². The molecule has 0 bridgehead atoms. The molecule has 1 N–H and O–H groups in total. The van der Waals surface area contributed by atoms with Gasteiger partial charge in [-0.25, -0.2) is 14.4 Å². The van der Waals surface area contributed by atoms with E-state index < -0.39 is 62.0 Å². The molecule has 0 aliphatic carbocycles. The van der Waals surface area contributed by atoms with E-state index in [1.165, 1.54) is 18.2 Å². The minimum atomic E-state index is -4.17. The van der Waals surface area contributed by atoms with Crippen LogP contribution in [0.2, 0.25) is 5.02 Å². The van der Waals surface area contributed by atoms with Crippen molar-refractivity contribution in [3.63, 3.8) is 0 Å². The first-order valence-corrected chi connectivity index (χ1v) is 8.96. The Morgan fingerprint density at radius 3 is 2.87 bits per heavy atom. The minimum absolute atomic E-state index is 0.0632. The van der Waals surface area contributed by atoms with Crippen LogP contribution in [0.3, 0.4) is 0 Å². The van der Waals surface area contributed by atoms with E-state index in [1.807, 2.05) is 0 Å². The molecule has 31 heavy (non-hydrogen) atoms. The van der Waals surface area contributed by atoms with Crippen LogP contribution in [-0.2, 0) is 4.74 Å². The molecular formula is C22H24ClFN4O3. The van der Waals surface area contributed by atoms with Crippen LogP contribution in [-0.4, -0.2) is 61.1 Å². The van der Waals surface area contributed by atoms with Gasteiger partial charge in [0.15, 0.2) is 11.5 Å². The summed E-state index contributed by atoms with van der Waals surface area (Å²) in [4.78, 5) is 7.49. The van der Waals surface area contributed by atoms with Crippen LogP contribution in [0, 0.1) is 5.82 Å². The van der Waals surface area contributed by atoms with Gasteiger partial charge in [0, 0.05) is 47.6 Å². The number of fused-ring (bicyclic) bond motifs is 1. The summed E-state index contributed by atoms with van der Waals surface area (Å²) in [7, 11) is 1.15. The van der Waals surface area contributed by atoms with Crippen molar-refractivity contribution < 1.29 is 37.8 Å². The Kier molecular flexibility index (Phi) is 3.35. The van der Waals surface area contributed by atoms with E-state index in [2.05, 4.69) is 20.0 Å². The van der Waals surface area contributed by atoms with Gasteiger partial charge in [-0.1, -0.05) is 11.6 Å². The number of ether oxygens (including phenoxy) is 3. The summed E-state index contributed by atoms with van der Waals surface area (Å²) in [5.41, 5.74) is 0.483. The number of halogens is 2. The molecule has 164 valence electrons. The second-order valence-corrected chi connectivity index (χ2v) is 6.21. The number of anilines is 2. The average Bonchev–Trinajstić information content (AvgIpc) is 2.88. The third-order valence-electron chi connectivity index (χ3n) is 3.90. The molecule has 3 aromatic rings. The Morgan fingerprint density at radius 2 is 2.10 bits per heavy atom. The average molecular weight is 461 g/mol. The predicted molar refractivity (Wildman–Crippen MR) is 118 cm³/mol. The summed E-state index contributed by atoms with van der Waals surface area (Å²) in [5, 5.41) is 2.79. The first-order chi connectivity index (χ1) is 20.3. The highest BCUT2D eigenvalue weighted by atomic mass is 35.5. The van der Waals surface area contributed by atoms with Crippen molar-refractivity contribution in [2.45, 2.75) is 6.37 Å². The minimum Gasteiger partial charge on any atom is -0.493 e. The van der Waals surface area contributed by atoms with E-state index in [9.17, 15) is 4.39 Å². The van der Waals surface area contributed by atoms with Crippen LogP contribution in [0.1, 0.15) is 25.6 Å². The molecule has 2 heterocycles. The van der Waals surface area contributed by atoms with E-state index in [1.54, 1.807) is 0 Å². The summed E-state index contributed by atoms with van der Waals surface area (Å²) in [6, 6.07) is 6.05. The zero-order valence-electron chi connectivity index (χ0n) is 29.8. The zero-order chi connectivity index (χ0) is 34.2. The molecule has 9 heteroatoms.